The Bertz CT molecular complexity index is 932. The highest BCUT2D eigenvalue weighted by Gasteiger charge is 2.66. The minimum Gasteiger partial charge on any atom is -0.313 e. The van der Waals surface area contributed by atoms with E-state index in [4.69, 9.17) is 20.9 Å². The average Bonchev–Trinajstić information content (AvgIpc) is 3.04. The minimum atomic E-state index is -1.29. The van der Waals surface area contributed by atoms with Crippen LogP contribution in [0.15, 0.2) is 11.6 Å². The summed E-state index contributed by atoms with van der Waals surface area (Å²) in [4.78, 5) is 48.1. The van der Waals surface area contributed by atoms with E-state index in [2.05, 4.69) is 5.92 Å². The molecule has 12 heteroatoms. The highest BCUT2D eigenvalue weighted by Crippen LogP contribution is 2.68. The normalized spacial score (nSPS) is 41.3. The molecule has 0 heterocycles. The van der Waals surface area contributed by atoms with Crippen molar-refractivity contribution >= 4 is 0 Å². The predicted octanol–water partition coefficient (Wildman–Crippen LogP) is 3.29. The molecule has 0 amide bonds. The Morgan fingerprint density at radius 1 is 1.06 bits per heavy atom. The highest BCUT2D eigenvalue weighted by atomic mass is 17.0. The molecule has 4 aliphatic carbocycles. The van der Waals surface area contributed by atoms with Crippen LogP contribution < -0.4 is 0 Å². The molecule has 0 bridgehead atoms. The Morgan fingerprint density at radius 2 is 1.79 bits per heavy atom. The summed E-state index contributed by atoms with van der Waals surface area (Å²) in [6.07, 6.45) is 11.4. The van der Waals surface area contributed by atoms with Crippen molar-refractivity contribution in [3.05, 3.63) is 42.0 Å². The SMILES string of the molecule is C#C[C@]1(O[N+](=O)[O-])CC[C@H]2[C@@H]3CC=C4C[C@@H](O[N+](=O)[O-])CC[C@]4(CO[N+](=O)[O-])[C@H]3CC[C@@]21C. The molecule has 4 aliphatic rings. The molecule has 0 saturated heterocycles. The van der Waals surface area contributed by atoms with Crippen molar-refractivity contribution < 1.29 is 29.8 Å². The van der Waals surface area contributed by atoms with Crippen LogP contribution in [0.1, 0.15) is 58.3 Å². The Labute approximate surface area is 189 Å². The summed E-state index contributed by atoms with van der Waals surface area (Å²) in [5, 5.41) is 30.8. The molecule has 0 spiro atoms. The van der Waals surface area contributed by atoms with Crippen LogP contribution in [0.4, 0.5) is 0 Å². The van der Waals surface area contributed by atoms with Gasteiger partial charge in [-0.3, -0.25) is 4.84 Å². The van der Waals surface area contributed by atoms with E-state index in [1.807, 2.05) is 13.0 Å². The van der Waals surface area contributed by atoms with E-state index in [0.29, 0.717) is 51.4 Å². The van der Waals surface area contributed by atoms with Gasteiger partial charge in [-0.1, -0.05) is 24.5 Å². The van der Waals surface area contributed by atoms with Gasteiger partial charge in [0.05, 0.1) is 0 Å². The molecular weight excluding hydrogens is 438 g/mol. The zero-order valence-corrected chi connectivity index (χ0v) is 18.3. The Balaban J connectivity index is 1.67. The van der Waals surface area contributed by atoms with Gasteiger partial charge in [-0.25, -0.2) is 0 Å². The van der Waals surface area contributed by atoms with Crippen LogP contribution in [0.5, 0.6) is 0 Å². The maximum atomic E-state index is 11.3. The molecule has 7 atom stereocenters. The second-order valence-electron chi connectivity index (χ2n) is 9.97. The molecule has 3 saturated carbocycles. The molecule has 0 aliphatic heterocycles. The monoisotopic (exact) mass is 465 g/mol. The van der Waals surface area contributed by atoms with E-state index in [1.54, 1.807) is 0 Å². The largest absolute Gasteiger partial charge is 0.313 e. The van der Waals surface area contributed by atoms with Crippen molar-refractivity contribution in [3.8, 4) is 12.3 Å². The third kappa shape index (κ3) is 3.54. The Morgan fingerprint density at radius 3 is 2.42 bits per heavy atom. The van der Waals surface area contributed by atoms with Gasteiger partial charge in [-0.15, -0.1) is 36.8 Å². The van der Waals surface area contributed by atoms with Gasteiger partial charge in [0, 0.05) is 10.8 Å². The van der Waals surface area contributed by atoms with Crippen molar-refractivity contribution in [2.24, 2.45) is 28.6 Å². The van der Waals surface area contributed by atoms with Crippen LogP contribution in [-0.2, 0) is 14.5 Å². The topological polar surface area (TPSA) is 157 Å². The van der Waals surface area contributed by atoms with Crippen molar-refractivity contribution in [1.29, 1.82) is 0 Å². The number of nitrogens with zero attached hydrogens (tertiary/aromatic N) is 3. The van der Waals surface area contributed by atoms with E-state index in [9.17, 15) is 30.3 Å². The number of hydrogen-bond donors (Lipinski definition) is 0. The maximum absolute atomic E-state index is 11.3. The maximum Gasteiger partial charge on any atom is 0.296 e. The summed E-state index contributed by atoms with van der Waals surface area (Å²) >= 11 is 0. The molecule has 4 rings (SSSR count). The van der Waals surface area contributed by atoms with Crippen LogP contribution in [0.3, 0.4) is 0 Å². The van der Waals surface area contributed by atoms with Crippen LogP contribution >= 0.6 is 0 Å². The minimum absolute atomic E-state index is 0.0382. The second kappa shape index (κ2) is 8.04. The zero-order valence-electron chi connectivity index (χ0n) is 18.3. The fourth-order valence-electron chi connectivity index (χ4n) is 7.61. The van der Waals surface area contributed by atoms with E-state index < -0.39 is 37.8 Å². The third-order valence-electron chi connectivity index (χ3n) is 9.03. The molecule has 33 heavy (non-hydrogen) atoms. The first-order chi connectivity index (χ1) is 15.6. The van der Waals surface area contributed by atoms with Crippen LogP contribution in [0, 0.1) is 71.3 Å². The molecule has 180 valence electrons. The van der Waals surface area contributed by atoms with Crippen LogP contribution in [-0.4, -0.2) is 33.6 Å². The molecular formula is C21H27N3O9. The summed E-state index contributed by atoms with van der Waals surface area (Å²) in [5.41, 5.74) is -1.61. The molecule has 0 radical (unpaired) electrons. The lowest BCUT2D eigenvalue weighted by molar-refractivity contribution is -0.781. The van der Waals surface area contributed by atoms with Crippen LogP contribution in [0.2, 0.25) is 0 Å². The van der Waals surface area contributed by atoms with E-state index in [1.165, 1.54) is 0 Å². The second-order valence-corrected chi connectivity index (χ2v) is 9.97. The van der Waals surface area contributed by atoms with Crippen molar-refractivity contribution in [3.63, 3.8) is 0 Å². The lowest BCUT2D eigenvalue weighted by Crippen LogP contribution is -2.57. The molecule has 0 aromatic heterocycles. The summed E-state index contributed by atoms with van der Waals surface area (Å²) in [5.74, 6) is 2.78. The fourth-order valence-corrected chi connectivity index (χ4v) is 7.61. The number of allylic oxidation sites excluding steroid dienone is 1. The van der Waals surface area contributed by atoms with Gasteiger partial charge in [0.15, 0.2) is 5.60 Å². The summed E-state index contributed by atoms with van der Waals surface area (Å²) in [7, 11) is 0. The first kappa shape index (κ1) is 23.1. The van der Waals surface area contributed by atoms with E-state index >= 15 is 0 Å². The van der Waals surface area contributed by atoms with E-state index in [-0.39, 0.29) is 24.4 Å². The van der Waals surface area contributed by atoms with Gasteiger partial charge < -0.3 is 9.68 Å². The fraction of sp³-hybridized carbons (Fsp3) is 0.810. The predicted molar refractivity (Wildman–Crippen MR) is 110 cm³/mol. The van der Waals surface area contributed by atoms with Crippen molar-refractivity contribution in [2.75, 3.05) is 6.61 Å². The smallest absolute Gasteiger partial charge is 0.296 e. The summed E-state index contributed by atoms with van der Waals surface area (Å²) in [6, 6.07) is 0. The molecule has 0 N–H and O–H groups in total. The highest BCUT2D eigenvalue weighted by molar-refractivity contribution is 5.30. The average molecular weight is 465 g/mol. The number of fused-ring (bicyclic) bond motifs is 5. The number of hydrogen-bond acceptors (Lipinski definition) is 9. The van der Waals surface area contributed by atoms with Crippen LogP contribution in [0.25, 0.3) is 0 Å². The van der Waals surface area contributed by atoms with Crippen molar-refractivity contribution in [2.45, 2.75) is 70.0 Å². The first-order valence-electron chi connectivity index (χ1n) is 11.2. The molecule has 0 aromatic carbocycles. The van der Waals surface area contributed by atoms with Gasteiger partial charge in [0.2, 0.25) is 0 Å². The lowest BCUT2D eigenvalue weighted by atomic mass is 9.46. The van der Waals surface area contributed by atoms with Crippen molar-refractivity contribution in [1.82, 2.24) is 0 Å². The molecule has 0 aromatic rings. The number of terminal acetylenes is 1. The Hall–Kier alpha value is -3.10. The van der Waals surface area contributed by atoms with E-state index in [0.717, 1.165) is 5.57 Å². The van der Waals surface area contributed by atoms with Gasteiger partial charge >= 0.3 is 0 Å². The van der Waals surface area contributed by atoms with Gasteiger partial charge in [-0.05, 0) is 69.1 Å². The third-order valence-corrected chi connectivity index (χ3v) is 9.03. The lowest BCUT2D eigenvalue weighted by Gasteiger charge is -2.59. The zero-order chi connectivity index (χ0) is 24.0. The summed E-state index contributed by atoms with van der Waals surface area (Å²) in [6.45, 7) is 1.85. The standard InChI is InChI=1S/C21H27N3O9/c1-3-21(33-24(29)30)11-8-17-16-5-4-14-12-15(32-23(27)28)6-10-20(14,13-31-22(25)26)18(16)7-9-19(17,21)2/h1,4,15-18H,5-13H2,2H3/t15-,16-,17-,18-,19-,20+,21-/m0/s1. The Kier molecular flexibility index (Phi) is 5.62. The molecule has 3 fully saturated rings. The first-order valence-corrected chi connectivity index (χ1v) is 11.2. The quantitative estimate of drug-likeness (QED) is 0.238. The molecule has 0 unspecified atom stereocenters. The number of rotatable bonds is 7. The van der Waals surface area contributed by atoms with Gasteiger partial charge in [-0.2, -0.15) is 0 Å². The van der Waals surface area contributed by atoms with Gasteiger partial charge in [0.1, 0.15) is 12.7 Å². The van der Waals surface area contributed by atoms with Gasteiger partial charge in [0.25, 0.3) is 15.3 Å². The summed E-state index contributed by atoms with van der Waals surface area (Å²) < 4.78 is 0. The molecule has 12 nitrogen and oxygen atoms in total.